The van der Waals surface area contributed by atoms with Crippen molar-refractivity contribution in [3.8, 4) is 11.8 Å². The quantitative estimate of drug-likeness (QED) is 0.378. The van der Waals surface area contributed by atoms with Gasteiger partial charge in [0.25, 0.3) is 0 Å². The maximum Gasteiger partial charge on any atom is 0.315 e. The lowest BCUT2D eigenvalue weighted by Gasteiger charge is -2.17. The van der Waals surface area contributed by atoms with Crippen LogP contribution in [0.15, 0.2) is 0 Å². The molecule has 0 fully saturated rings. The minimum Gasteiger partial charge on any atom is -0.481 e. The number of carbonyl (C=O) groups is 2. The van der Waals surface area contributed by atoms with Crippen LogP contribution in [0.4, 0.5) is 4.79 Å². The average molecular weight is 326 g/mol. The number of aliphatic hydroxyl groups excluding tert-OH is 1. The Morgan fingerprint density at radius 2 is 1.83 bits per heavy atom. The SMILES string of the molecule is CCCCC[C@@H](O)C#CCN(CCCCCCC(=O)O)C(N)=O. The van der Waals surface area contributed by atoms with Crippen LogP contribution in [0.3, 0.4) is 0 Å². The molecular formula is C17H30N2O4. The molecule has 0 aromatic rings. The first kappa shape index (κ1) is 21.3. The highest BCUT2D eigenvalue weighted by atomic mass is 16.4. The van der Waals surface area contributed by atoms with Crippen molar-refractivity contribution in [2.45, 2.75) is 70.8 Å². The van der Waals surface area contributed by atoms with Crippen LogP contribution in [0.2, 0.25) is 0 Å². The Morgan fingerprint density at radius 1 is 1.13 bits per heavy atom. The summed E-state index contributed by atoms with van der Waals surface area (Å²) in [4.78, 5) is 23.2. The van der Waals surface area contributed by atoms with E-state index in [1.807, 2.05) is 0 Å². The van der Waals surface area contributed by atoms with Crippen molar-refractivity contribution in [3.05, 3.63) is 0 Å². The van der Waals surface area contributed by atoms with Crippen LogP contribution >= 0.6 is 0 Å². The van der Waals surface area contributed by atoms with Gasteiger partial charge < -0.3 is 20.8 Å². The molecule has 6 heteroatoms. The number of hydrogen-bond acceptors (Lipinski definition) is 3. The molecule has 6 nitrogen and oxygen atoms in total. The Bertz CT molecular complexity index is 401. The number of nitrogens with two attached hydrogens (primary N) is 1. The van der Waals surface area contributed by atoms with E-state index >= 15 is 0 Å². The predicted octanol–water partition coefficient (Wildman–Crippen LogP) is 2.35. The highest BCUT2D eigenvalue weighted by Crippen LogP contribution is 2.05. The lowest BCUT2D eigenvalue weighted by Crippen LogP contribution is -2.36. The molecule has 4 N–H and O–H groups in total. The second-order valence-electron chi connectivity index (χ2n) is 5.65. The summed E-state index contributed by atoms with van der Waals surface area (Å²) in [6.45, 7) is 2.82. The van der Waals surface area contributed by atoms with E-state index in [2.05, 4.69) is 18.8 Å². The molecule has 0 unspecified atom stereocenters. The van der Waals surface area contributed by atoms with Gasteiger partial charge in [-0.1, -0.05) is 44.4 Å². The molecule has 0 aromatic heterocycles. The van der Waals surface area contributed by atoms with Gasteiger partial charge in [0.1, 0.15) is 6.10 Å². The van der Waals surface area contributed by atoms with Gasteiger partial charge in [-0.25, -0.2) is 4.79 Å². The highest BCUT2D eigenvalue weighted by Gasteiger charge is 2.07. The van der Waals surface area contributed by atoms with Gasteiger partial charge in [-0.15, -0.1) is 0 Å². The van der Waals surface area contributed by atoms with Gasteiger partial charge in [0, 0.05) is 13.0 Å². The number of aliphatic carboxylic acids is 1. The summed E-state index contributed by atoms with van der Waals surface area (Å²) in [6, 6.07) is -0.523. The van der Waals surface area contributed by atoms with Crippen LogP contribution in [-0.2, 0) is 4.79 Å². The van der Waals surface area contributed by atoms with Gasteiger partial charge in [0.2, 0.25) is 0 Å². The lowest BCUT2D eigenvalue weighted by molar-refractivity contribution is -0.137. The third kappa shape index (κ3) is 13.6. The number of amides is 2. The first-order valence-corrected chi connectivity index (χ1v) is 8.40. The first-order valence-electron chi connectivity index (χ1n) is 8.40. The van der Waals surface area contributed by atoms with Crippen molar-refractivity contribution in [1.29, 1.82) is 0 Å². The number of unbranched alkanes of at least 4 members (excludes halogenated alkanes) is 5. The van der Waals surface area contributed by atoms with Gasteiger partial charge >= 0.3 is 12.0 Å². The Balaban J connectivity index is 3.94. The monoisotopic (exact) mass is 326 g/mol. The summed E-state index contributed by atoms with van der Waals surface area (Å²) in [7, 11) is 0. The fourth-order valence-corrected chi connectivity index (χ4v) is 2.12. The zero-order valence-corrected chi connectivity index (χ0v) is 14.1. The van der Waals surface area contributed by atoms with Crippen molar-refractivity contribution in [2.75, 3.05) is 13.1 Å². The standard InChI is InChI=1S/C17H30N2O4/c1-2-3-6-10-15(20)11-9-14-19(17(18)23)13-8-5-4-7-12-16(21)22/h15,20H,2-8,10,12-14H2,1H3,(H2,18,23)(H,21,22)/t15-/m1/s1. The molecule has 132 valence electrons. The summed E-state index contributed by atoms with van der Waals surface area (Å²) in [5.74, 6) is 4.77. The van der Waals surface area contributed by atoms with Crippen molar-refractivity contribution in [2.24, 2.45) is 5.73 Å². The third-order valence-corrected chi connectivity index (χ3v) is 3.50. The topological polar surface area (TPSA) is 104 Å². The maximum atomic E-state index is 11.3. The Hall–Kier alpha value is -1.74. The molecular weight excluding hydrogens is 296 g/mol. The molecule has 0 bridgehead atoms. The third-order valence-electron chi connectivity index (χ3n) is 3.50. The maximum absolute atomic E-state index is 11.3. The van der Waals surface area contributed by atoms with E-state index in [9.17, 15) is 14.7 Å². The largest absolute Gasteiger partial charge is 0.481 e. The van der Waals surface area contributed by atoms with Crippen LogP contribution in [0, 0.1) is 11.8 Å². The molecule has 0 saturated carbocycles. The fraction of sp³-hybridized carbons (Fsp3) is 0.765. The zero-order valence-electron chi connectivity index (χ0n) is 14.1. The number of nitrogens with zero attached hydrogens (tertiary/aromatic N) is 1. The molecule has 0 radical (unpaired) electrons. The van der Waals surface area contributed by atoms with Crippen molar-refractivity contribution in [3.63, 3.8) is 0 Å². The normalized spacial score (nSPS) is 11.4. The number of carboxylic acid groups (broad SMARTS) is 1. The molecule has 0 saturated heterocycles. The lowest BCUT2D eigenvalue weighted by atomic mass is 10.1. The van der Waals surface area contributed by atoms with Crippen LogP contribution in [0.5, 0.6) is 0 Å². The van der Waals surface area contributed by atoms with Crippen LogP contribution in [-0.4, -0.2) is 46.3 Å². The van der Waals surface area contributed by atoms with Gasteiger partial charge in [-0.05, 0) is 25.7 Å². The second-order valence-corrected chi connectivity index (χ2v) is 5.65. The van der Waals surface area contributed by atoms with Crippen molar-refractivity contribution < 1.29 is 19.8 Å². The number of carboxylic acids is 1. The molecule has 0 rings (SSSR count). The Kier molecular flexibility index (Phi) is 12.8. The van der Waals surface area contributed by atoms with E-state index in [1.54, 1.807) is 0 Å². The Labute approximate surface area is 139 Å². The summed E-state index contributed by atoms with van der Waals surface area (Å²) in [5, 5.41) is 18.2. The predicted molar refractivity (Wildman–Crippen MR) is 89.8 cm³/mol. The van der Waals surface area contributed by atoms with E-state index < -0.39 is 18.1 Å². The van der Waals surface area contributed by atoms with Gasteiger partial charge in [0.05, 0.1) is 6.54 Å². The molecule has 2 amide bonds. The minimum atomic E-state index is -0.781. The van der Waals surface area contributed by atoms with Crippen molar-refractivity contribution in [1.82, 2.24) is 4.90 Å². The number of primary amides is 1. The van der Waals surface area contributed by atoms with E-state index in [0.717, 1.165) is 38.5 Å². The first-order chi connectivity index (χ1) is 11.0. The van der Waals surface area contributed by atoms with Crippen LogP contribution in [0.1, 0.15) is 64.7 Å². The smallest absolute Gasteiger partial charge is 0.315 e. The summed E-state index contributed by atoms with van der Waals surface area (Å²) >= 11 is 0. The molecule has 0 spiro atoms. The van der Waals surface area contributed by atoms with E-state index in [0.29, 0.717) is 19.4 Å². The summed E-state index contributed by atoms with van der Waals surface area (Å²) in [6.07, 6.45) is 6.40. The van der Waals surface area contributed by atoms with Gasteiger partial charge in [-0.3, -0.25) is 4.79 Å². The average Bonchev–Trinajstić information content (AvgIpc) is 2.48. The second kappa shape index (κ2) is 13.9. The number of hydrogen-bond donors (Lipinski definition) is 3. The van der Waals surface area contributed by atoms with Crippen LogP contribution in [0.25, 0.3) is 0 Å². The van der Waals surface area contributed by atoms with Gasteiger partial charge in [0.15, 0.2) is 0 Å². The molecule has 0 heterocycles. The molecule has 0 aliphatic rings. The fourth-order valence-electron chi connectivity index (χ4n) is 2.12. The summed E-state index contributed by atoms with van der Waals surface area (Å²) in [5.41, 5.74) is 5.31. The van der Waals surface area contributed by atoms with E-state index in [-0.39, 0.29) is 13.0 Å². The number of urea groups is 1. The molecule has 1 atom stereocenters. The minimum absolute atomic E-state index is 0.181. The van der Waals surface area contributed by atoms with Gasteiger partial charge in [-0.2, -0.15) is 0 Å². The zero-order chi connectivity index (χ0) is 17.5. The molecule has 0 aromatic carbocycles. The molecule has 0 aliphatic carbocycles. The number of aliphatic hydroxyl groups is 1. The number of rotatable bonds is 12. The van der Waals surface area contributed by atoms with E-state index in [1.165, 1.54) is 4.90 Å². The van der Waals surface area contributed by atoms with E-state index in [4.69, 9.17) is 10.8 Å². The van der Waals surface area contributed by atoms with Crippen molar-refractivity contribution >= 4 is 12.0 Å². The molecule has 23 heavy (non-hydrogen) atoms. The Morgan fingerprint density at radius 3 is 2.43 bits per heavy atom. The summed E-state index contributed by atoms with van der Waals surface area (Å²) < 4.78 is 0. The highest BCUT2D eigenvalue weighted by molar-refractivity contribution is 5.72. The van der Waals surface area contributed by atoms with Crippen LogP contribution < -0.4 is 5.73 Å². The molecule has 0 aliphatic heterocycles. The number of carbonyl (C=O) groups excluding carboxylic acids is 1.